The Labute approximate surface area is 260 Å². The molecule has 2 amide bonds. The predicted molar refractivity (Wildman–Crippen MR) is 161 cm³/mol. The quantitative estimate of drug-likeness (QED) is 0.232. The first-order valence-electron chi connectivity index (χ1n) is 15.8. The number of amides is 2. The molecule has 0 aromatic carbocycles. The van der Waals surface area contributed by atoms with Crippen molar-refractivity contribution in [3.8, 4) is 0 Å². The van der Waals surface area contributed by atoms with Gasteiger partial charge in [-0.2, -0.15) is 28.4 Å². The van der Waals surface area contributed by atoms with E-state index in [9.17, 15) is 22.8 Å². The van der Waals surface area contributed by atoms with Gasteiger partial charge >= 0.3 is 6.18 Å². The Kier molecular flexibility index (Phi) is 10.2. The summed E-state index contributed by atoms with van der Waals surface area (Å²) in [7, 11) is 0. The van der Waals surface area contributed by atoms with E-state index in [1.54, 1.807) is 19.2 Å². The van der Waals surface area contributed by atoms with E-state index in [1.165, 1.54) is 9.52 Å². The Bertz CT molecular complexity index is 1400. The number of imidazole rings is 1. The number of anilines is 1. The van der Waals surface area contributed by atoms with Gasteiger partial charge in [-0.25, -0.2) is 9.50 Å². The minimum Gasteiger partial charge on any atom is -0.378 e. The average Bonchev–Trinajstić information content (AvgIpc) is 3.45. The van der Waals surface area contributed by atoms with Crippen molar-refractivity contribution < 1.29 is 27.5 Å². The monoisotopic (exact) mass is 633 g/mol. The van der Waals surface area contributed by atoms with E-state index >= 15 is 0 Å². The SMILES string of the molecule is C=NN(CC)/C(=C\C)C(=O)NC(c1cn2nc(CC3CC(C(F)(F)F)CNC3=O)c(N3CCOCC3)nc2n1)C1CCCCC1. The van der Waals surface area contributed by atoms with E-state index in [4.69, 9.17) is 19.8 Å². The molecule has 3 aliphatic rings. The molecule has 2 aromatic heterocycles. The van der Waals surface area contributed by atoms with Crippen LogP contribution in [0.5, 0.6) is 0 Å². The lowest BCUT2D eigenvalue weighted by Crippen LogP contribution is -2.47. The van der Waals surface area contributed by atoms with Crippen LogP contribution in [-0.2, 0) is 20.7 Å². The number of ether oxygens (including phenoxy) is 1. The van der Waals surface area contributed by atoms with Crippen LogP contribution in [0.2, 0.25) is 0 Å². The van der Waals surface area contributed by atoms with E-state index in [1.807, 2.05) is 11.8 Å². The second kappa shape index (κ2) is 14.1. The third-order valence-electron chi connectivity index (χ3n) is 9.04. The minimum atomic E-state index is -4.41. The van der Waals surface area contributed by atoms with Crippen LogP contribution in [0.25, 0.3) is 5.78 Å². The van der Waals surface area contributed by atoms with Gasteiger partial charge in [-0.3, -0.25) is 14.6 Å². The lowest BCUT2D eigenvalue weighted by atomic mass is 9.82. The number of morpholine rings is 1. The number of alkyl halides is 3. The number of carbonyl (C=O) groups is 2. The van der Waals surface area contributed by atoms with Crippen LogP contribution in [-0.4, -0.2) is 88.7 Å². The number of rotatable bonds is 10. The minimum absolute atomic E-state index is 0.00356. The topological polar surface area (TPSA) is 129 Å². The van der Waals surface area contributed by atoms with Crippen LogP contribution in [0.15, 0.2) is 23.1 Å². The molecule has 15 heteroatoms. The standard InChI is InChI=1S/C30H42F3N9O3/c1-4-24(41(5-2)34-3)28(44)37-25(19-9-7-6-8-10-19)23-18-42-29(36-23)38-26(40-11-13-45-14-12-40)22(39-42)16-20-15-21(30(31,32)33)17-35-27(20)43/h4,18-21,25H,3,5-17H2,1-2H3,(H,35,43)(H,37,44)/b24-4-. The fourth-order valence-electron chi connectivity index (χ4n) is 6.59. The molecule has 3 fully saturated rings. The molecular formula is C30H42F3N9O3. The molecule has 1 aliphatic carbocycles. The van der Waals surface area contributed by atoms with Gasteiger partial charge in [0.25, 0.3) is 11.7 Å². The van der Waals surface area contributed by atoms with E-state index in [-0.39, 0.29) is 24.7 Å². The number of fused-ring (bicyclic) bond motifs is 1. The van der Waals surface area contributed by atoms with Crippen LogP contribution in [0.1, 0.15) is 69.8 Å². The number of carbonyl (C=O) groups excluding carboxylic acids is 2. The third-order valence-corrected chi connectivity index (χ3v) is 9.04. The summed E-state index contributed by atoms with van der Waals surface area (Å²) in [6.07, 6.45) is 3.76. The fraction of sp³-hybridized carbons (Fsp3) is 0.667. The van der Waals surface area contributed by atoms with Crippen LogP contribution in [0.3, 0.4) is 0 Å². The smallest absolute Gasteiger partial charge is 0.378 e. The first kappa shape index (κ1) is 32.6. The molecule has 2 aliphatic heterocycles. The number of nitrogens with one attached hydrogen (secondary N) is 2. The van der Waals surface area contributed by atoms with Crippen molar-refractivity contribution in [1.29, 1.82) is 0 Å². The number of likely N-dealkylation sites (N-methyl/N-ethyl adjacent to an activating group) is 1. The molecule has 3 unspecified atom stereocenters. The molecule has 2 saturated heterocycles. The molecule has 45 heavy (non-hydrogen) atoms. The fourth-order valence-corrected chi connectivity index (χ4v) is 6.59. The zero-order valence-electron chi connectivity index (χ0n) is 25.9. The van der Waals surface area contributed by atoms with Crippen molar-refractivity contribution in [2.24, 2.45) is 22.9 Å². The number of halogens is 3. The lowest BCUT2D eigenvalue weighted by Gasteiger charge is -2.32. The van der Waals surface area contributed by atoms with Crippen LogP contribution in [0.4, 0.5) is 19.0 Å². The Morgan fingerprint density at radius 3 is 2.64 bits per heavy atom. The summed E-state index contributed by atoms with van der Waals surface area (Å²) in [5.74, 6) is -2.32. The summed E-state index contributed by atoms with van der Waals surface area (Å²) in [5, 5.41) is 15.9. The molecule has 2 N–H and O–H groups in total. The van der Waals surface area contributed by atoms with Gasteiger partial charge in [0, 0.05) is 45.2 Å². The van der Waals surface area contributed by atoms with Gasteiger partial charge < -0.3 is 20.3 Å². The van der Waals surface area contributed by atoms with Crippen LogP contribution in [0, 0.1) is 17.8 Å². The zero-order valence-corrected chi connectivity index (χ0v) is 25.9. The number of allylic oxidation sites excluding steroid dienone is 1. The van der Waals surface area contributed by atoms with Crippen molar-refractivity contribution in [2.45, 2.75) is 71.0 Å². The zero-order chi connectivity index (χ0) is 32.1. The summed E-state index contributed by atoms with van der Waals surface area (Å²) in [6, 6.07) is -0.424. The second-order valence-electron chi connectivity index (χ2n) is 11.9. The third kappa shape index (κ3) is 7.39. The van der Waals surface area contributed by atoms with Gasteiger partial charge in [-0.15, -0.1) is 0 Å². The number of aromatic nitrogens is 4. The largest absolute Gasteiger partial charge is 0.393 e. The average molecular weight is 634 g/mol. The molecule has 12 nitrogen and oxygen atoms in total. The molecular weight excluding hydrogens is 591 g/mol. The van der Waals surface area contributed by atoms with Gasteiger partial charge in [0.15, 0.2) is 5.82 Å². The summed E-state index contributed by atoms with van der Waals surface area (Å²) < 4.78 is 47.8. The van der Waals surface area contributed by atoms with Crippen LogP contribution < -0.4 is 15.5 Å². The van der Waals surface area contributed by atoms with E-state index < -0.39 is 36.5 Å². The normalized spacial score (nSPS) is 22.6. The van der Waals surface area contributed by atoms with Crippen LogP contribution >= 0.6 is 0 Å². The molecule has 1 saturated carbocycles. The Morgan fingerprint density at radius 1 is 1.27 bits per heavy atom. The number of piperidine rings is 1. The molecule has 0 radical (unpaired) electrons. The predicted octanol–water partition coefficient (Wildman–Crippen LogP) is 3.40. The maximum Gasteiger partial charge on any atom is 0.393 e. The lowest BCUT2D eigenvalue weighted by molar-refractivity contribution is -0.183. The summed E-state index contributed by atoms with van der Waals surface area (Å²) in [5.41, 5.74) is 1.40. The highest BCUT2D eigenvalue weighted by Crippen LogP contribution is 2.36. The van der Waals surface area contributed by atoms with Gasteiger partial charge in [0.1, 0.15) is 11.4 Å². The second-order valence-corrected chi connectivity index (χ2v) is 11.9. The number of hydrazone groups is 1. The molecule has 2 aromatic rings. The van der Waals surface area contributed by atoms with Crippen molar-refractivity contribution in [3.05, 3.63) is 29.4 Å². The molecule has 246 valence electrons. The van der Waals surface area contributed by atoms with Crippen molar-refractivity contribution in [2.75, 3.05) is 44.3 Å². The summed E-state index contributed by atoms with van der Waals surface area (Å²) >= 11 is 0. The molecule has 5 rings (SSSR count). The van der Waals surface area contributed by atoms with E-state index in [0.717, 1.165) is 32.1 Å². The number of hydrogen-bond donors (Lipinski definition) is 2. The highest BCUT2D eigenvalue weighted by molar-refractivity contribution is 5.93. The Hall–Kier alpha value is -3.75. The van der Waals surface area contributed by atoms with Crippen molar-refractivity contribution >= 4 is 30.1 Å². The van der Waals surface area contributed by atoms with E-state index in [2.05, 4.69) is 22.5 Å². The van der Waals surface area contributed by atoms with Crippen molar-refractivity contribution in [1.82, 2.24) is 35.2 Å². The number of hydrogen-bond acceptors (Lipinski definition) is 9. The highest BCUT2D eigenvalue weighted by atomic mass is 19.4. The van der Waals surface area contributed by atoms with E-state index in [0.29, 0.717) is 61.5 Å². The molecule has 0 spiro atoms. The maximum absolute atomic E-state index is 13.6. The highest BCUT2D eigenvalue weighted by Gasteiger charge is 2.45. The summed E-state index contributed by atoms with van der Waals surface area (Å²) in [6.45, 7) is 9.26. The molecule has 3 atom stereocenters. The van der Waals surface area contributed by atoms with Gasteiger partial charge in [0.2, 0.25) is 5.91 Å². The summed E-state index contributed by atoms with van der Waals surface area (Å²) in [4.78, 5) is 37.9. The first-order valence-corrected chi connectivity index (χ1v) is 15.8. The molecule has 0 bridgehead atoms. The maximum atomic E-state index is 13.6. The van der Waals surface area contributed by atoms with Crippen molar-refractivity contribution in [3.63, 3.8) is 0 Å². The Balaban J connectivity index is 1.51. The Morgan fingerprint density at radius 2 is 2.00 bits per heavy atom. The first-order chi connectivity index (χ1) is 21.6. The number of nitrogens with zero attached hydrogens (tertiary/aromatic N) is 7. The molecule has 4 heterocycles. The van der Waals surface area contributed by atoms with Gasteiger partial charge in [0.05, 0.1) is 37.1 Å². The van der Waals surface area contributed by atoms with Gasteiger partial charge in [-0.1, -0.05) is 25.3 Å². The van der Waals surface area contributed by atoms with Gasteiger partial charge in [-0.05, 0) is 39.0 Å².